The molecule has 1 amide bonds. The Morgan fingerprint density at radius 1 is 1.06 bits per heavy atom. The van der Waals surface area contributed by atoms with Crippen molar-refractivity contribution >= 4 is 21.6 Å². The highest BCUT2D eigenvalue weighted by Crippen LogP contribution is 2.30. The van der Waals surface area contributed by atoms with Crippen LogP contribution in [0.3, 0.4) is 0 Å². The third-order valence-corrected chi connectivity index (χ3v) is 7.44. The Labute approximate surface area is 186 Å². The first-order valence-electron chi connectivity index (χ1n) is 10.2. The first-order valence-corrected chi connectivity index (χ1v) is 11.7. The number of sulfonamides is 1. The average Bonchev–Trinajstić information content (AvgIpc) is 2.79. The lowest BCUT2D eigenvalue weighted by Crippen LogP contribution is -2.38. The van der Waals surface area contributed by atoms with Gasteiger partial charge in [0.15, 0.2) is 11.5 Å². The Kier molecular flexibility index (Phi) is 7.68. The summed E-state index contributed by atoms with van der Waals surface area (Å²) in [5.74, 6) is -0.762. The number of hydrogen-bond acceptors (Lipinski definition) is 5. The zero-order valence-corrected chi connectivity index (χ0v) is 18.7. The van der Waals surface area contributed by atoms with Crippen LogP contribution in [-0.4, -0.2) is 45.4 Å². The van der Waals surface area contributed by atoms with E-state index in [1.807, 2.05) is 0 Å². The molecule has 0 heterocycles. The second-order valence-corrected chi connectivity index (χ2v) is 9.53. The van der Waals surface area contributed by atoms with E-state index in [0.29, 0.717) is 5.69 Å². The largest absolute Gasteiger partial charge is 0.493 e. The Morgan fingerprint density at radius 3 is 2.31 bits per heavy atom. The standard InChI is InChI=1S/C22H26F2N2O5S/c1-26(17-6-4-3-5-7-17)32(28,29)18-11-9-16(10-12-18)25-21(27)15-8-13-19(30-2)20(14-15)31-22(23)24/h8-14,17,22H,3-7H2,1-2H3,(H,25,27). The van der Waals surface area contributed by atoms with E-state index >= 15 is 0 Å². The number of anilines is 1. The molecule has 7 nitrogen and oxygen atoms in total. The molecule has 1 saturated carbocycles. The number of benzene rings is 2. The zero-order valence-electron chi connectivity index (χ0n) is 17.9. The van der Waals surface area contributed by atoms with Crippen LogP contribution in [0, 0.1) is 0 Å². The molecule has 0 saturated heterocycles. The molecule has 2 aromatic rings. The minimum atomic E-state index is -3.64. The molecule has 0 aliphatic heterocycles. The molecule has 0 spiro atoms. The number of nitrogens with zero attached hydrogens (tertiary/aromatic N) is 1. The fraction of sp³-hybridized carbons (Fsp3) is 0.409. The molecule has 3 rings (SSSR count). The fourth-order valence-electron chi connectivity index (χ4n) is 3.73. The lowest BCUT2D eigenvalue weighted by Gasteiger charge is -2.30. The van der Waals surface area contributed by atoms with Gasteiger partial charge in [0, 0.05) is 24.3 Å². The van der Waals surface area contributed by atoms with Crippen LogP contribution >= 0.6 is 0 Å². The van der Waals surface area contributed by atoms with Gasteiger partial charge in [0.1, 0.15) is 0 Å². The predicted molar refractivity (Wildman–Crippen MR) is 116 cm³/mol. The number of nitrogens with one attached hydrogen (secondary N) is 1. The van der Waals surface area contributed by atoms with E-state index in [-0.39, 0.29) is 28.0 Å². The van der Waals surface area contributed by atoms with Gasteiger partial charge < -0.3 is 14.8 Å². The van der Waals surface area contributed by atoms with Crippen LogP contribution in [0.1, 0.15) is 42.5 Å². The second kappa shape index (κ2) is 10.3. The van der Waals surface area contributed by atoms with Gasteiger partial charge in [-0.2, -0.15) is 13.1 Å². The van der Waals surface area contributed by atoms with E-state index in [0.717, 1.165) is 38.2 Å². The number of rotatable bonds is 8. The summed E-state index contributed by atoms with van der Waals surface area (Å²) >= 11 is 0. The van der Waals surface area contributed by atoms with E-state index in [9.17, 15) is 22.0 Å². The minimum Gasteiger partial charge on any atom is -0.493 e. The summed E-state index contributed by atoms with van der Waals surface area (Å²) in [6.07, 6.45) is 4.87. The van der Waals surface area contributed by atoms with Crippen molar-refractivity contribution in [2.45, 2.75) is 49.7 Å². The molecular formula is C22H26F2N2O5S. The number of methoxy groups -OCH3 is 1. The van der Waals surface area contributed by atoms with Crippen LogP contribution < -0.4 is 14.8 Å². The van der Waals surface area contributed by atoms with E-state index < -0.39 is 22.5 Å². The number of carbonyl (C=O) groups is 1. The van der Waals surface area contributed by atoms with E-state index in [1.165, 1.54) is 47.8 Å². The van der Waals surface area contributed by atoms with Crippen molar-refractivity contribution in [2.24, 2.45) is 0 Å². The highest BCUT2D eigenvalue weighted by molar-refractivity contribution is 7.89. The minimum absolute atomic E-state index is 0.00662. The number of ether oxygens (including phenoxy) is 2. The lowest BCUT2D eigenvalue weighted by molar-refractivity contribution is -0.0512. The van der Waals surface area contributed by atoms with Gasteiger partial charge in [0.05, 0.1) is 12.0 Å². The molecule has 174 valence electrons. The molecule has 1 aliphatic carbocycles. The summed E-state index contributed by atoms with van der Waals surface area (Å²) in [6.45, 7) is -3.07. The molecule has 1 aliphatic rings. The van der Waals surface area contributed by atoms with Crippen LogP contribution in [0.4, 0.5) is 14.5 Å². The van der Waals surface area contributed by atoms with E-state index in [4.69, 9.17) is 4.74 Å². The topological polar surface area (TPSA) is 84.9 Å². The molecule has 2 aromatic carbocycles. The summed E-state index contributed by atoms with van der Waals surface area (Å²) in [5, 5.41) is 2.62. The van der Waals surface area contributed by atoms with Crippen molar-refractivity contribution in [1.82, 2.24) is 4.31 Å². The molecule has 0 radical (unpaired) electrons. The normalized spacial score (nSPS) is 15.1. The van der Waals surface area contributed by atoms with Crippen LogP contribution in [0.2, 0.25) is 0 Å². The monoisotopic (exact) mass is 468 g/mol. The molecule has 1 fully saturated rings. The van der Waals surface area contributed by atoms with Crippen molar-refractivity contribution in [3.8, 4) is 11.5 Å². The first-order chi connectivity index (χ1) is 15.2. The smallest absolute Gasteiger partial charge is 0.387 e. The molecule has 10 heteroatoms. The third-order valence-electron chi connectivity index (χ3n) is 5.52. The number of alkyl halides is 2. The zero-order chi connectivity index (χ0) is 23.3. The molecule has 0 atom stereocenters. The molecule has 0 unspecified atom stereocenters. The quantitative estimate of drug-likeness (QED) is 0.617. The first kappa shape index (κ1) is 23.9. The maximum atomic E-state index is 12.9. The predicted octanol–water partition coefficient (Wildman–Crippen LogP) is 4.50. The van der Waals surface area contributed by atoms with Gasteiger partial charge in [-0.15, -0.1) is 0 Å². The average molecular weight is 469 g/mol. The van der Waals surface area contributed by atoms with E-state index in [1.54, 1.807) is 7.05 Å². The van der Waals surface area contributed by atoms with Crippen LogP contribution in [-0.2, 0) is 10.0 Å². The number of carbonyl (C=O) groups excluding carboxylic acids is 1. The molecule has 1 N–H and O–H groups in total. The van der Waals surface area contributed by atoms with Gasteiger partial charge in [-0.3, -0.25) is 4.79 Å². The van der Waals surface area contributed by atoms with Crippen molar-refractivity contribution in [3.05, 3.63) is 48.0 Å². The fourth-order valence-corrected chi connectivity index (χ4v) is 5.14. The molecule has 0 aromatic heterocycles. The van der Waals surface area contributed by atoms with Gasteiger partial charge >= 0.3 is 6.61 Å². The summed E-state index contributed by atoms with van der Waals surface area (Å²) in [5.41, 5.74) is 0.441. The molecule has 32 heavy (non-hydrogen) atoms. The lowest BCUT2D eigenvalue weighted by atomic mass is 9.96. The SMILES string of the molecule is COc1ccc(C(=O)Nc2ccc(S(=O)(=O)N(C)C3CCCCC3)cc2)cc1OC(F)F. The number of halogens is 2. The molecule has 0 bridgehead atoms. The molecular weight excluding hydrogens is 442 g/mol. The van der Waals surface area contributed by atoms with Crippen molar-refractivity contribution in [2.75, 3.05) is 19.5 Å². The van der Waals surface area contributed by atoms with Gasteiger partial charge in [0.25, 0.3) is 5.91 Å². The van der Waals surface area contributed by atoms with Crippen molar-refractivity contribution in [3.63, 3.8) is 0 Å². The van der Waals surface area contributed by atoms with Gasteiger partial charge in [-0.1, -0.05) is 19.3 Å². The Morgan fingerprint density at radius 2 is 1.72 bits per heavy atom. The van der Waals surface area contributed by atoms with Gasteiger partial charge in [0.2, 0.25) is 10.0 Å². The summed E-state index contributed by atoms with van der Waals surface area (Å²) in [6, 6.07) is 9.74. The Balaban J connectivity index is 1.72. The van der Waals surface area contributed by atoms with Crippen LogP contribution in [0.15, 0.2) is 47.4 Å². The highest BCUT2D eigenvalue weighted by atomic mass is 32.2. The number of hydrogen-bond donors (Lipinski definition) is 1. The summed E-state index contributed by atoms with van der Waals surface area (Å²) in [4.78, 5) is 12.7. The second-order valence-electron chi connectivity index (χ2n) is 7.54. The number of amides is 1. The highest BCUT2D eigenvalue weighted by Gasteiger charge is 2.29. The van der Waals surface area contributed by atoms with Gasteiger partial charge in [-0.25, -0.2) is 8.42 Å². The van der Waals surface area contributed by atoms with E-state index in [2.05, 4.69) is 10.1 Å². The summed E-state index contributed by atoms with van der Waals surface area (Å²) < 4.78 is 61.8. The summed E-state index contributed by atoms with van der Waals surface area (Å²) in [7, 11) is -0.740. The Hall–Kier alpha value is -2.72. The van der Waals surface area contributed by atoms with Gasteiger partial charge in [-0.05, 0) is 55.3 Å². The van der Waals surface area contributed by atoms with Crippen molar-refractivity contribution in [1.29, 1.82) is 0 Å². The maximum absolute atomic E-state index is 12.9. The van der Waals surface area contributed by atoms with Crippen molar-refractivity contribution < 1.29 is 31.5 Å². The third kappa shape index (κ3) is 5.55. The maximum Gasteiger partial charge on any atom is 0.387 e. The Bertz CT molecular complexity index is 1040. The van der Waals surface area contributed by atoms with Crippen LogP contribution in [0.5, 0.6) is 11.5 Å². The van der Waals surface area contributed by atoms with Crippen LogP contribution in [0.25, 0.3) is 0 Å².